The van der Waals surface area contributed by atoms with E-state index in [0.29, 0.717) is 0 Å². The van der Waals surface area contributed by atoms with Gasteiger partial charge < -0.3 is 4.72 Å². The van der Waals surface area contributed by atoms with Gasteiger partial charge in [-0.15, -0.1) is 0 Å². The number of hydrogen-bond acceptors (Lipinski definition) is 5. The topological polar surface area (TPSA) is 60.6 Å². The zero-order chi connectivity index (χ0) is 17.4. The maximum Gasteiger partial charge on any atom is 0.0918 e. The fourth-order valence-corrected chi connectivity index (χ4v) is 3.41. The van der Waals surface area contributed by atoms with E-state index in [9.17, 15) is 0 Å². The molecule has 0 spiro atoms. The molecule has 126 valence electrons. The van der Waals surface area contributed by atoms with Crippen molar-refractivity contribution < 1.29 is 0 Å². The summed E-state index contributed by atoms with van der Waals surface area (Å²) in [6.45, 7) is 2.04. The molecule has 1 N–H and O–H groups in total. The predicted molar refractivity (Wildman–Crippen MR) is 101 cm³/mol. The molecule has 0 saturated heterocycles. The number of rotatable bonds is 4. The molecule has 25 heavy (non-hydrogen) atoms. The number of para-hydroxylation sites is 1. The summed E-state index contributed by atoms with van der Waals surface area (Å²) in [7, 11) is 3.89. The average Bonchev–Trinajstić information content (AvgIpc) is 3.17. The maximum absolute atomic E-state index is 4.57. The Labute approximate surface area is 150 Å². The summed E-state index contributed by atoms with van der Waals surface area (Å²) in [6.07, 6.45) is 5.60. The highest BCUT2D eigenvalue weighted by Crippen LogP contribution is 2.28. The summed E-state index contributed by atoms with van der Waals surface area (Å²) in [5, 5.41) is 9.71. The summed E-state index contributed by atoms with van der Waals surface area (Å²) in [5.41, 5.74) is 5.23. The molecule has 4 aromatic rings. The van der Waals surface area contributed by atoms with Crippen LogP contribution in [0.2, 0.25) is 0 Å². The Morgan fingerprint density at radius 3 is 2.52 bits per heavy atom. The Kier molecular flexibility index (Phi) is 3.93. The Bertz CT molecular complexity index is 1030. The van der Waals surface area contributed by atoms with Crippen LogP contribution >= 0.6 is 11.9 Å². The van der Waals surface area contributed by atoms with Crippen LogP contribution in [0.5, 0.6) is 0 Å². The number of aryl methyl sites for hydroxylation is 2. The van der Waals surface area contributed by atoms with E-state index >= 15 is 0 Å². The molecule has 0 amide bonds. The lowest BCUT2D eigenvalue weighted by Gasteiger charge is -2.08. The molecule has 0 aliphatic rings. The number of benzene rings is 1. The average molecular weight is 350 g/mol. The summed E-state index contributed by atoms with van der Waals surface area (Å²) in [6, 6.07) is 10.2. The minimum absolute atomic E-state index is 0.934. The van der Waals surface area contributed by atoms with Gasteiger partial charge in [-0.1, -0.05) is 12.1 Å². The number of pyridine rings is 1. The zero-order valence-corrected chi connectivity index (χ0v) is 15.1. The molecule has 6 nitrogen and oxygen atoms in total. The molecule has 3 aromatic heterocycles. The molecule has 0 unspecified atom stereocenters. The second-order valence-electron chi connectivity index (χ2n) is 5.86. The highest BCUT2D eigenvalue weighted by molar-refractivity contribution is 8.00. The molecule has 0 atom stereocenters. The van der Waals surface area contributed by atoms with Crippen LogP contribution in [0.15, 0.2) is 53.8 Å². The lowest BCUT2D eigenvalue weighted by molar-refractivity contribution is 0.740. The molecule has 0 fully saturated rings. The standard InChI is InChI=1S/C18H18N6S/c1-12-15(11-21-23(12)2)16-8-7-14(10-19-16)25-22-17-6-4-5-13-9-20-24(3)18(13)17/h4-11,22H,1-3H3. The van der Waals surface area contributed by atoms with E-state index in [1.54, 1.807) is 0 Å². The number of anilines is 1. The quantitative estimate of drug-likeness (QED) is 0.567. The summed E-state index contributed by atoms with van der Waals surface area (Å²) in [5.74, 6) is 0. The summed E-state index contributed by atoms with van der Waals surface area (Å²) in [4.78, 5) is 5.62. The first-order valence-corrected chi connectivity index (χ1v) is 8.74. The van der Waals surface area contributed by atoms with E-state index in [1.807, 2.05) is 61.1 Å². The highest BCUT2D eigenvalue weighted by Gasteiger charge is 2.09. The number of hydrogen-bond donors (Lipinski definition) is 1. The first-order valence-electron chi connectivity index (χ1n) is 7.92. The van der Waals surface area contributed by atoms with Crippen molar-refractivity contribution in [2.45, 2.75) is 11.8 Å². The smallest absolute Gasteiger partial charge is 0.0918 e. The van der Waals surface area contributed by atoms with E-state index in [0.717, 1.165) is 38.4 Å². The molecule has 4 rings (SSSR count). The lowest BCUT2D eigenvalue weighted by atomic mass is 10.2. The monoisotopic (exact) mass is 350 g/mol. The van der Waals surface area contributed by atoms with Crippen LogP contribution in [-0.4, -0.2) is 24.5 Å². The minimum Gasteiger partial charge on any atom is -0.324 e. The second kappa shape index (κ2) is 6.25. The molecular formula is C18H18N6S. The van der Waals surface area contributed by atoms with Crippen molar-refractivity contribution in [3.05, 3.63) is 54.6 Å². The van der Waals surface area contributed by atoms with Crippen molar-refractivity contribution >= 4 is 28.5 Å². The first-order chi connectivity index (χ1) is 12.1. The Morgan fingerprint density at radius 1 is 0.960 bits per heavy atom. The number of aromatic nitrogens is 5. The van der Waals surface area contributed by atoms with Crippen LogP contribution in [0.1, 0.15) is 5.69 Å². The SMILES string of the molecule is Cc1c(-c2ccc(SNc3cccc4cnn(C)c34)cn2)cnn1C. The lowest BCUT2D eigenvalue weighted by Crippen LogP contribution is -1.95. The minimum atomic E-state index is 0.934. The normalized spacial score (nSPS) is 11.2. The summed E-state index contributed by atoms with van der Waals surface area (Å²) >= 11 is 1.54. The van der Waals surface area contributed by atoms with Gasteiger partial charge in [-0.05, 0) is 37.1 Å². The van der Waals surface area contributed by atoms with Gasteiger partial charge in [-0.3, -0.25) is 14.3 Å². The van der Waals surface area contributed by atoms with Gasteiger partial charge in [0.15, 0.2) is 0 Å². The van der Waals surface area contributed by atoms with Crippen LogP contribution in [0.3, 0.4) is 0 Å². The van der Waals surface area contributed by atoms with Crippen molar-refractivity contribution in [1.82, 2.24) is 24.5 Å². The molecule has 0 bridgehead atoms. The molecule has 7 heteroatoms. The van der Waals surface area contributed by atoms with E-state index in [-0.39, 0.29) is 0 Å². The zero-order valence-electron chi connectivity index (χ0n) is 14.3. The molecule has 1 aromatic carbocycles. The molecule has 0 saturated carbocycles. The highest BCUT2D eigenvalue weighted by atomic mass is 32.2. The predicted octanol–water partition coefficient (Wildman–Crippen LogP) is 3.80. The van der Waals surface area contributed by atoms with E-state index in [2.05, 4.69) is 38.1 Å². The molecule has 0 aliphatic carbocycles. The third kappa shape index (κ3) is 2.87. The fraction of sp³-hybridized carbons (Fsp3) is 0.167. The van der Waals surface area contributed by atoms with Crippen molar-refractivity contribution in [1.29, 1.82) is 0 Å². The van der Waals surface area contributed by atoms with E-state index in [4.69, 9.17) is 0 Å². The van der Waals surface area contributed by atoms with E-state index in [1.165, 1.54) is 11.9 Å². The Morgan fingerprint density at radius 2 is 1.80 bits per heavy atom. The first kappa shape index (κ1) is 15.7. The molecule has 3 heterocycles. The van der Waals surface area contributed by atoms with E-state index < -0.39 is 0 Å². The number of nitrogens with one attached hydrogen (secondary N) is 1. The second-order valence-corrected chi connectivity index (χ2v) is 6.74. The van der Waals surface area contributed by atoms with Crippen molar-refractivity contribution in [2.75, 3.05) is 4.72 Å². The third-order valence-corrected chi connectivity index (χ3v) is 5.09. The fourth-order valence-electron chi connectivity index (χ4n) is 2.78. The summed E-state index contributed by atoms with van der Waals surface area (Å²) < 4.78 is 7.14. The van der Waals surface area contributed by atoms with Crippen LogP contribution in [0.25, 0.3) is 22.2 Å². The molecule has 0 radical (unpaired) electrons. The largest absolute Gasteiger partial charge is 0.324 e. The van der Waals surface area contributed by atoms with Crippen LogP contribution in [0.4, 0.5) is 5.69 Å². The van der Waals surface area contributed by atoms with Crippen molar-refractivity contribution in [3.63, 3.8) is 0 Å². The number of fused-ring (bicyclic) bond motifs is 1. The van der Waals surface area contributed by atoms with Gasteiger partial charge in [0.1, 0.15) is 0 Å². The molecule has 0 aliphatic heterocycles. The van der Waals surface area contributed by atoms with Gasteiger partial charge in [0, 0.05) is 41.8 Å². The van der Waals surface area contributed by atoms with Crippen molar-refractivity contribution in [2.24, 2.45) is 14.1 Å². The van der Waals surface area contributed by atoms with Gasteiger partial charge in [0.05, 0.1) is 29.3 Å². The van der Waals surface area contributed by atoms with Crippen LogP contribution in [0, 0.1) is 6.92 Å². The van der Waals surface area contributed by atoms with Crippen LogP contribution < -0.4 is 4.72 Å². The van der Waals surface area contributed by atoms with Gasteiger partial charge >= 0.3 is 0 Å². The number of nitrogens with zero attached hydrogens (tertiary/aromatic N) is 5. The van der Waals surface area contributed by atoms with Gasteiger partial charge in [-0.2, -0.15) is 10.2 Å². The van der Waals surface area contributed by atoms with Gasteiger partial charge in [0.2, 0.25) is 0 Å². The Balaban J connectivity index is 1.53. The Hall–Kier alpha value is -2.80. The molecular weight excluding hydrogens is 332 g/mol. The van der Waals surface area contributed by atoms with Gasteiger partial charge in [-0.25, -0.2) is 0 Å². The maximum atomic E-state index is 4.57. The van der Waals surface area contributed by atoms with Crippen molar-refractivity contribution in [3.8, 4) is 11.3 Å². The van der Waals surface area contributed by atoms with Crippen LogP contribution in [-0.2, 0) is 14.1 Å². The third-order valence-electron chi connectivity index (χ3n) is 4.29. The van der Waals surface area contributed by atoms with Gasteiger partial charge in [0.25, 0.3) is 0 Å².